The van der Waals surface area contributed by atoms with Crippen LogP contribution in [0.5, 0.6) is 0 Å². The van der Waals surface area contributed by atoms with E-state index in [0.29, 0.717) is 16.9 Å². The van der Waals surface area contributed by atoms with Crippen LogP contribution in [0, 0.1) is 0 Å². The van der Waals surface area contributed by atoms with Crippen LogP contribution in [-0.4, -0.2) is 94.7 Å². The van der Waals surface area contributed by atoms with Gasteiger partial charge in [0.15, 0.2) is 0 Å². The molecule has 0 spiro atoms. The number of pyridine rings is 1. The third-order valence-corrected chi connectivity index (χ3v) is 6.91. The average Bonchev–Trinajstić information content (AvgIpc) is 3.40. The minimum atomic E-state index is -1.03. The van der Waals surface area contributed by atoms with E-state index in [-0.39, 0.29) is 54.7 Å². The van der Waals surface area contributed by atoms with Gasteiger partial charge in [0, 0.05) is 57.3 Å². The van der Waals surface area contributed by atoms with Crippen LogP contribution < -0.4 is 10.2 Å². The highest BCUT2D eigenvalue weighted by molar-refractivity contribution is 7.99. The molecule has 1 aromatic rings. The Labute approximate surface area is 209 Å². The van der Waals surface area contributed by atoms with Crippen LogP contribution in [0.4, 0.5) is 5.82 Å². The van der Waals surface area contributed by atoms with Crippen LogP contribution in [0.3, 0.4) is 0 Å². The van der Waals surface area contributed by atoms with Gasteiger partial charge in [-0.1, -0.05) is 11.6 Å². The van der Waals surface area contributed by atoms with Gasteiger partial charge in [-0.2, -0.15) is 0 Å². The molecule has 0 aromatic carbocycles. The standard InChI is InChI=1S/C18H24ClN5O3S.3ClH/c19-14-7-12(18(26)27)9-21-16(14)23-3-1-22(2-4-23)13-8-15(20-10-13)17(25)24-5-6-28-11-24;;;/h7,9,13,15,20H,1-6,8,10-11H2,(H,26,27);3*1H/t13-,15-;;;/m0.../s1. The van der Waals surface area contributed by atoms with Crippen LogP contribution in [0.2, 0.25) is 5.02 Å². The summed E-state index contributed by atoms with van der Waals surface area (Å²) >= 11 is 8.06. The zero-order chi connectivity index (χ0) is 19.7. The van der Waals surface area contributed by atoms with Gasteiger partial charge in [-0.3, -0.25) is 9.69 Å². The summed E-state index contributed by atoms with van der Waals surface area (Å²) in [4.78, 5) is 34.4. The predicted octanol–water partition coefficient (Wildman–Crippen LogP) is 2.08. The number of aromatic nitrogens is 1. The van der Waals surface area contributed by atoms with E-state index in [1.165, 1.54) is 12.3 Å². The Morgan fingerprint density at radius 3 is 2.45 bits per heavy atom. The summed E-state index contributed by atoms with van der Waals surface area (Å²) in [7, 11) is 0. The summed E-state index contributed by atoms with van der Waals surface area (Å²) in [5.74, 6) is 1.69. The second kappa shape index (κ2) is 12.5. The van der Waals surface area contributed by atoms with Crippen molar-refractivity contribution in [2.24, 2.45) is 0 Å². The van der Waals surface area contributed by atoms with E-state index in [1.54, 1.807) is 0 Å². The Morgan fingerprint density at radius 2 is 1.87 bits per heavy atom. The molecule has 3 aliphatic heterocycles. The van der Waals surface area contributed by atoms with Crippen LogP contribution in [0.1, 0.15) is 16.8 Å². The van der Waals surface area contributed by atoms with E-state index >= 15 is 0 Å². The molecule has 31 heavy (non-hydrogen) atoms. The number of nitrogens with zero attached hydrogens (tertiary/aromatic N) is 4. The molecular weight excluding hydrogens is 508 g/mol. The zero-order valence-corrected chi connectivity index (χ0v) is 20.8. The van der Waals surface area contributed by atoms with Crippen LogP contribution in [0.15, 0.2) is 12.3 Å². The van der Waals surface area contributed by atoms with E-state index in [2.05, 4.69) is 20.1 Å². The largest absolute Gasteiger partial charge is 0.478 e. The van der Waals surface area contributed by atoms with Gasteiger partial charge in [0.05, 0.1) is 22.5 Å². The topological polar surface area (TPSA) is 89.0 Å². The molecule has 3 saturated heterocycles. The number of rotatable bonds is 4. The molecule has 0 saturated carbocycles. The fraction of sp³-hybridized carbons (Fsp3) is 0.611. The van der Waals surface area contributed by atoms with E-state index < -0.39 is 5.97 Å². The lowest BCUT2D eigenvalue weighted by atomic mass is 10.1. The minimum absolute atomic E-state index is 0. The van der Waals surface area contributed by atoms with Crippen molar-refractivity contribution in [3.8, 4) is 0 Å². The number of halogens is 4. The van der Waals surface area contributed by atoms with Crippen molar-refractivity contribution in [1.29, 1.82) is 0 Å². The van der Waals surface area contributed by atoms with E-state index in [9.17, 15) is 9.59 Å². The number of amides is 1. The molecule has 13 heteroatoms. The Morgan fingerprint density at radius 1 is 1.16 bits per heavy atom. The number of nitrogens with one attached hydrogen (secondary N) is 1. The smallest absolute Gasteiger partial charge is 0.337 e. The highest BCUT2D eigenvalue weighted by atomic mass is 35.5. The van der Waals surface area contributed by atoms with Gasteiger partial charge in [0.2, 0.25) is 5.91 Å². The van der Waals surface area contributed by atoms with Gasteiger partial charge in [0.25, 0.3) is 0 Å². The molecule has 1 amide bonds. The normalized spacial score (nSPS) is 23.5. The number of carboxylic acid groups (broad SMARTS) is 1. The lowest BCUT2D eigenvalue weighted by Crippen LogP contribution is -2.51. The lowest BCUT2D eigenvalue weighted by Gasteiger charge is -2.38. The molecule has 8 nitrogen and oxygen atoms in total. The first-order chi connectivity index (χ1) is 13.5. The second-order valence-electron chi connectivity index (χ2n) is 7.35. The summed E-state index contributed by atoms with van der Waals surface area (Å²) in [5, 5.41) is 12.8. The van der Waals surface area contributed by atoms with Gasteiger partial charge in [-0.05, 0) is 12.5 Å². The fourth-order valence-corrected chi connectivity index (χ4v) is 5.31. The molecule has 3 fully saturated rings. The number of aromatic carboxylic acids is 1. The zero-order valence-electron chi connectivity index (χ0n) is 16.7. The quantitative estimate of drug-likeness (QED) is 0.607. The first-order valence-corrected chi connectivity index (χ1v) is 11.0. The monoisotopic (exact) mass is 533 g/mol. The van der Waals surface area contributed by atoms with Crippen LogP contribution in [-0.2, 0) is 4.79 Å². The average molecular weight is 535 g/mol. The summed E-state index contributed by atoms with van der Waals surface area (Å²) in [6.45, 7) is 4.98. The molecule has 4 heterocycles. The predicted molar refractivity (Wildman–Crippen MR) is 131 cm³/mol. The highest BCUT2D eigenvalue weighted by Crippen LogP contribution is 2.26. The number of carbonyl (C=O) groups is 2. The summed E-state index contributed by atoms with van der Waals surface area (Å²) in [5.41, 5.74) is 0.0940. The Bertz CT molecular complexity index is 764. The Hall–Kier alpha value is -0.680. The van der Waals surface area contributed by atoms with Crippen molar-refractivity contribution >= 4 is 78.3 Å². The molecule has 3 aliphatic rings. The minimum Gasteiger partial charge on any atom is -0.478 e. The van der Waals surface area contributed by atoms with Crippen molar-refractivity contribution in [3.05, 3.63) is 22.8 Å². The lowest BCUT2D eigenvalue weighted by molar-refractivity contribution is -0.131. The molecule has 2 atom stereocenters. The number of piperazine rings is 1. The summed E-state index contributed by atoms with van der Waals surface area (Å²) in [6, 6.07) is 1.75. The van der Waals surface area contributed by atoms with Gasteiger partial charge in [0.1, 0.15) is 5.82 Å². The maximum absolute atomic E-state index is 12.6. The molecule has 0 radical (unpaired) electrons. The second-order valence-corrected chi connectivity index (χ2v) is 8.83. The third kappa shape index (κ3) is 6.43. The Balaban J connectivity index is 0.00000160. The van der Waals surface area contributed by atoms with E-state index in [1.807, 2.05) is 16.7 Å². The number of carbonyl (C=O) groups excluding carboxylic acids is 1. The van der Waals surface area contributed by atoms with E-state index in [0.717, 1.165) is 57.3 Å². The molecule has 0 bridgehead atoms. The SMILES string of the molecule is Cl.Cl.Cl.O=C(O)c1cnc(N2CCN([C@@H]3CN[C@H](C(=O)N4CCSC4)C3)CC2)c(Cl)c1. The van der Waals surface area contributed by atoms with Crippen molar-refractivity contribution in [2.75, 3.05) is 55.8 Å². The maximum atomic E-state index is 12.6. The molecule has 0 aliphatic carbocycles. The van der Waals surface area contributed by atoms with Crippen molar-refractivity contribution in [3.63, 3.8) is 0 Å². The number of hydrogen-bond donors (Lipinski definition) is 2. The van der Waals surface area contributed by atoms with Gasteiger partial charge < -0.3 is 20.2 Å². The molecule has 176 valence electrons. The van der Waals surface area contributed by atoms with Gasteiger partial charge in [-0.15, -0.1) is 49.0 Å². The van der Waals surface area contributed by atoms with Crippen molar-refractivity contribution < 1.29 is 14.7 Å². The first kappa shape index (κ1) is 28.4. The van der Waals surface area contributed by atoms with Gasteiger partial charge >= 0.3 is 5.97 Å². The van der Waals surface area contributed by atoms with Gasteiger partial charge in [-0.25, -0.2) is 9.78 Å². The van der Waals surface area contributed by atoms with Crippen LogP contribution >= 0.6 is 60.6 Å². The molecule has 1 aromatic heterocycles. The van der Waals surface area contributed by atoms with Crippen molar-refractivity contribution in [2.45, 2.75) is 18.5 Å². The molecule has 2 N–H and O–H groups in total. The highest BCUT2D eigenvalue weighted by Gasteiger charge is 2.36. The van der Waals surface area contributed by atoms with E-state index in [4.69, 9.17) is 16.7 Å². The number of hydrogen-bond acceptors (Lipinski definition) is 7. The number of anilines is 1. The Kier molecular flexibility index (Phi) is 11.5. The fourth-order valence-electron chi connectivity index (χ4n) is 4.07. The number of thioether (sulfide) groups is 1. The number of carboxylic acids is 1. The van der Waals surface area contributed by atoms with Crippen LogP contribution in [0.25, 0.3) is 0 Å². The molecular formula is C18H27Cl4N5O3S. The molecule has 4 rings (SSSR count). The van der Waals surface area contributed by atoms with Crippen molar-refractivity contribution in [1.82, 2.24) is 20.1 Å². The molecule has 0 unspecified atom stereocenters. The summed E-state index contributed by atoms with van der Waals surface area (Å²) < 4.78 is 0. The maximum Gasteiger partial charge on any atom is 0.337 e. The third-order valence-electron chi connectivity index (χ3n) is 5.67. The summed E-state index contributed by atoms with van der Waals surface area (Å²) in [6.07, 6.45) is 2.20. The first-order valence-electron chi connectivity index (χ1n) is 9.50.